The van der Waals surface area contributed by atoms with Crippen LogP contribution < -0.4 is 10.6 Å². The number of rotatable bonds is 4. The maximum Gasteiger partial charge on any atom is 0.274 e. The number of halogens is 1. The van der Waals surface area contributed by atoms with Crippen molar-refractivity contribution >= 4 is 38.9 Å². The van der Waals surface area contributed by atoms with Crippen LogP contribution in [-0.4, -0.2) is 10.9 Å². The summed E-state index contributed by atoms with van der Waals surface area (Å²) in [6.45, 7) is 2.04. The number of aromatic nitrogens is 1. The highest BCUT2D eigenvalue weighted by molar-refractivity contribution is 9.10. The van der Waals surface area contributed by atoms with Crippen molar-refractivity contribution in [2.75, 3.05) is 10.6 Å². The second-order valence-electron chi connectivity index (χ2n) is 5.36. The van der Waals surface area contributed by atoms with Crippen LogP contribution in [0.2, 0.25) is 0 Å². The Kier molecular flexibility index (Phi) is 4.91. The van der Waals surface area contributed by atoms with Gasteiger partial charge in [0, 0.05) is 10.2 Å². The molecule has 5 heteroatoms. The van der Waals surface area contributed by atoms with E-state index in [2.05, 4.69) is 31.5 Å². The Hall–Kier alpha value is -2.66. The zero-order chi connectivity index (χ0) is 16.9. The summed E-state index contributed by atoms with van der Waals surface area (Å²) in [7, 11) is 0. The molecule has 0 spiro atoms. The largest absolute Gasteiger partial charge is 0.353 e. The fraction of sp³-hybridized carbons (Fsp3) is 0.0526. The molecule has 0 aliphatic rings. The molecule has 2 N–H and O–H groups in total. The second kappa shape index (κ2) is 7.27. The Balaban J connectivity index is 1.70. The number of nitrogens with zero attached hydrogens (tertiary/aromatic N) is 1. The van der Waals surface area contributed by atoms with E-state index in [0.29, 0.717) is 5.69 Å². The minimum atomic E-state index is -0.232. The van der Waals surface area contributed by atoms with Crippen molar-refractivity contribution in [3.63, 3.8) is 0 Å². The lowest BCUT2D eigenvalue weighted by Crippen LogP contribution is -2.13. The molecule has 0 unspecified atom stereocenters. The third-order valence-corrected chi connectivity index (χ3v) is 4.09. The van der Waals surface area contributed by atoms with Gasteiger partial charge in [0.1, 0.15) is 5.69 Å². The summed E-state index contributed by atoms with van der Waals surface area (Å²) < 4.78 is 0.980. The van der Waals surface area contributed by atoms with E-state index in [4.69, 9.17) is 0 Å². The van der Waals surface area contributed by atoms with Crippen molar-refractivity contribution in [3.8, 4) is 0 Å². The summed E-state index contributed by atoms with van der Waals surface area (Å²) in [6, 6.07) is 18.9. The molecular weight excluding hydrogens is 366 g/mol. The fourth-order valence-electron chi connectivity index (χ4n) is 2.20. The smallest absolute Gasteiger partial charge is 0.274 e. The van der Waals surface area contributed by atoms with Gasteiger partial charge in [0.25, 0.3) is 5.91 Å². The maximum absolute atomic E-state index is 12.2. The molecule has 0 saturated heterocycles. The van der Waals surface area contributed by atoms with Gasteiger partial charge in [-0.05, 0) is 64.8 Å². The average molecular weight is 382 g/mol. The number of anilines is 3. The van der Waals surface area contributed by atoms with Gasteiger partial charge in [0.15, 0.2) is 0 Å². The summed E-state index contributed by atoms with van der Waals surface area (Å²) in [4.78, 5) is 16.4. The third kappa shape index (κ3) is 4.00. The van der Waals surface area contributed by atoms with Gasteiger partial charge in [-0.15, -0.1) is 0 Å². The molecule has 1 aromatic heterocycles. The number of amides is 1. The van der Waals surface area contributed by atoms with Crippen LogP contribution in [0, 0.1) is 6.92 Å². The summed E-state index contributed by atoms with van der Waals surface area (Å²) in [5, 5.41) is 6.09. The van der Waals surface area contributed by atoms with Gasteiger partial charge in [-0.2, -0.15) is 0 Å². The molecule has 2 aromatic carbocycles. The monoisotopic (exact) mass is 381 g/mol. The molecule has 1 amide bonds. The van der Waals surface area contributed by atoms with Gasteiger partial charge in [-0.3, -0.25) is 4.79 Å². The van der Waals surface area contributed by atoms with Crippen molar-refractivity contribution < 1.29 is 4.79 Å². The molecule has 3 aromatic rings. The number of hydrogen-bond donors (Lipinski definition) is 2. The molecule has 1 heterocycles. The molecular formula is C19H16BrN3O. The van der Waals surface area contributed by atoms with Crippen LogP contribution in [-0.2, 0) is 0 Å². The lowest BCUT2D eigenvalue weighted by molar-refractivity contribution is 0.102. The Morgan fingerprint density at radius 3 is 2.46 bits per heavy atom. The van der Waals surface area contributed by atoms with Gasteiger partial charge in [-0.25, -0.2) is 4.98 Å². The van der Waals surface area contributed by atoms with Crippen molar-refractivity contribution in [2.45, 2.75) is 6.92 Å². The van der Waals surface area contributed by atoms with E-state index in [1.165, 1.54) is 5.56 Å². The van der Waals surface area contributed by atoms with Crippen LogP contribution in [0.25, 0.3) is 0 Å². The topological polar surface area (TPSA) is 54.0 Å². The van der Waals surface area contributed by atoms with Crippen molar-refractivity contribution in [1.29, 1.82) is 0 Å². The Morgan fingerprint density at radius 1 is 1.00 bits per heavy atom. The van der Waals surface area contributed by atoms with E-state index in [1.807, 2.05) is 61.5 Å². The van der Waals surface area contributed by atoms with E-state index < -0.39 is 0 Å². The van der Waals surface area contributed by atoms with E-state index in [1.54, 1.807) is 12.3 Å². The van der Waals surface area contributed by atoms with Crippen LogP contribution in [0.15, 0.2) is 71.3 Å². The molecule has 0 saturated carbocycles. The molecule has 0 aliphatic heterocycles. The van der Waals surface area contributed by atoms with Gasteiger partial charge in [0.2, 0.25) is 0 Å². The number of benzene rings is 2. The Morgan fingerprint density at radius 2 is 1.79 bits per heavy atom. The van der Waals surface area contributed by atoms with Gasteiger partial charge >= 0.3 is 0 Å². The number of pyridine rings is 1. The lowest BCUT2D eigenvalue weighted by atomic mass is 10.2. The van der Waals surface area contributed by atoms with Gasteiger partial charge < -0.3 is 10.6 Å². The SMILES string of the molecule is Cc1ccc(Nc2ccc(C(=O)Nc3ccccc3)nc2)c(Br)c1. The molecule has 0 fully saturated rings. The first kappa shape index (κ1) is 16.2. The molecule has 24 heavy (non-hydrogen) atoms. The van der Waals surface area contributed by atoms with Crippen LogP contribution in [0.3, 0.4) is 0 Å². The van der Waals surface area contributed by atoms with Crippen LogP contribution >= 0.6 is 15.9 Å². The molecule has 0 aliphatic carbocycles. The Labute approximate surface area is 149 Å². The number of carbonyl (C=O) groups excluding carboxylic acids is 1. The van der Waals surface area contributed by atoms with Crippen molar-refractivity contribution in [3.05, 3.63) is 82.6 Å². The number of hydrogen-bond acceptors (Lipinski definition) is 3. The summed E-state index contributed by atoms with van der Waals surface area (Å²) in [6.07, 6.45) is 1.65. The second-order valence-corrected chi connectivity index (χ2v) is 6.21. The minimum Gasteiger partial charge on any atom is -0.353 e. The zero-order valence-corrected chi connectivity index (χ0v) is 14.7. The van der Waals surface area contributed by atoms with E-state index in [0.717, 1.165) is 21.5 Å². The number of carbonyl (C=O) groups is 1. The summed E-state index contributed by atoms with van der Waals surface area (Å²) >= 11 is 3.53. The van der Waals surface area contributed by atoms with Crippen molar-refractivity contribution in [2.24, 2.45) is 0 Å². The molecule has 4 nitrogen and oxygen atoms in total. The predicted molar refractivity (Wildman–Crippen MR) is 101 cm³/mol. The van der Waals surface area contributed by atoms with E-state index in [-0.39, 0.29) is 5.91 Å². The molecule has 120 valence electrons. The number of nitrogens with one attached hydrogen (secondary N) is 2. The highest BCUT2D eigenvalue weighted by Gasteiger charge is 2.08. The maximum atomic E-state index is 12.2. The predicted octanol–water partition coefficient (Wildman–Crippen LogP) is 5.15. The van der Waals surface area contributed by atoms with Crippen LogP contribution in [0.1, 0.15) is 16.1 Å². The van der Waals surface area contributed by atoms with E-state index >= 15 is 0 Å². The quantitative estimate of drug-likeness (QED) is 0.656. The minimum absolute atomic E-state index is 0.232. The highest BCUT2D eigenvalue weighted by Crippen LogP contribution is 2.26. The number of aryl methyl sites for hydroxylation is 1. The van der Waals surface area contributed by atoms with Gasteiger partial charge in [0.05, 0.1) is 17.6 Å². The highest BCUT2D eigenvalue weighted by atomic mass is 79.9. The molecule has 3 rings (SSSR count). The first-order chi connectivity index (χ1) is 11.6. The van der Waals surface area contributed by atoms with Crippen LogP contribution in [0.5, 0.6) is 0 Å². The zero-order valence-electron chi connectivity index (χ0n) is 13.1. The standard InChI is InChI=1S/C19H16BrN3O/c1-13-7-9-17(16(20)11-13)22-15-8-10-18(21-12-15)19(24)23-14-5-3-2-4-6-14/h2-12,22H,1H3,(H,23,24). The molecule has 0 radical (unpaired) electrons. The number of para-hydroxylation sites is 1. The fourth-order valence-corrected chi connectivity index (χ4v) is 2.79. The lowest BCUT2D eigenvalue weighted by Gasteiger charge is -2.10. The first-order valence-corrected chi connectivity index (χ1v) is 8.27. The summed E-state index contributed by atoms with van der Waals surface area (Å²) in [5.74, 6) is -0.232. The molecule has 0 bridgehead atoms. The van der Waals surface area contributed by atoms with Crippen LogP contribution in [0.4, 0.5) is 17.1 Å². The first-order valence-electron chi connectivity index (χ1n) is 7.47. The van der Waals surface area contributed by atoms with Gasteiger partial charge in [-0.1, -0.05) is 24.3 Å². The summed E-state index contributed by atoms with van der Waals surface area (Å²) in [5.41, 5.74) is 4.06. The normalized spacial score (nSPS) is 10.2. The van der Waals surface area contributed by atoms with Crippen molar-refractivity contribution in [1.82, 2.24) is 4.98 Å². The average Bonchev–Trinajstić information content (AvgIpc) is 2.59. The van der Waals surface area contributed by atoms with E-state index in [9.17, 15) is 4.79 Å². The Bertz CT molecular complexity index is 848. The third-order valence-electron chi connectivity index (χ3n) is 3.43. The molecule has 0 atom stereocenters.